The first-order valence-corrected chi connectivity index (χ1v) is 6.22. The molecule has 20 heavy (non-hydrogen) atoms. The van der Waals surface area contributed by atoms with Crippen LogP contribution in [0.5, 0.6) is 0 Å². The van der Waals surface area contributed by atoms with Gasteiger partial charge >= 0.3 is 5.97 Å². The molecule has 0 spiro atoms. The number of nitrogens with one attached hydrogen (secondary N) is 1. The Balaban J connectivity index is 2.03. The van der Waals surface area contributed by atoms with E-state index in [1.54, 1.807) is 37.3 Å². The number of hydrogen-bond donors (Lipinski definition) is 2. The smallest absolute Gasteiger partial charge is 0.335 e. The first kappa shape index (κ1) is 13.9. The fourth-order valence-electron chi connectivity index (χ4n) is 1.96. The number of benzene rings is 1. The lowest BCUT2D eigenvalue weighted by molar-refractivity contribution is -0.121. The average molecular weight is 273 g/mol. The van der Waals surface area contributed by atoms with Gasteiger partial charge < -0.3 is 14.8 Å². The second-order valence-corrected chi connectivity index (χ2v) is 4.44. The molecule has 1 aromatic carbocycles. The first-order chi connectivity index (χ1) is 9.58. The van der Waals surface area contributed by atoms with Crippen molar-refractivity contribution in [2.24, 2.45) is 0 Å². The molecular weight excluding hydrogens is 258 g/mol. The monoisotopic (exact) mass is 273 g/mol. The molecule has 0 saturated carbocycles. The highest BCUT2D eigenvalue weighted by Crippen LogP contribution is 2.14. The Morgan fingerprint density at radius 3 is 2.65 bits per heavy atom. The predicted octanol–water partition coefficient (Wildman–Crippen LogP) is 2.40. The van der Waals surface area contributed by atoms with Crippen molar-refractivity contribution in [1.29, 1.82) is 0 Å². The second-order valence-electron chi connectivity index (χ2n) is 4.44. The summed E-state index contributed by atoms with van der Waals surface area (Å²) in [6.07, 6.45) is 1.56. The third-order valence-electron chi connectivity index (χ3n) is 2.95. The number of aromatic carboxylic acids is 1. The van der Waals surface area contributed by atoms with Gasteiger partial charge in [0.05, 0.1) is 24.3 Å². The maximum absolute atomic E-state index is 11.9. The Morgan fingerprint density at radius 2 is 2.00 bits per heavy atom. The van der Waals surface area contributed by atoms with Crippen LogP contribution >= 0.6 is 0 Å². The molecule has 2 N–H and O–H groups in total. The maximum Gasteiger partial charge on any atom is 0.335 e. The molecular formula is C15H15NO4. The van der Waals surface area contributed by atoms with E-state index in [9.17, 15) is 9.59 Å². The molecule has 0 fully saturated rings. The van der Waals surface area contributed by atoms with E-state index in [0.29, 0.717) is 11.3 Å². The lowest BCUT2D eigenvalue weighted by Crippen LogP contribution is -2.28. The lowest BCUT2D eigenvalue weighted by atomic mass is 10.0. The molecule has 0 saturated heterocycles. The highest BCUT2D eigenvalue weighted by atomic mass is 16.4. The van der Waals surface area contributed by atoms with E-state index >= 15 is 0 Å². The van der Waals surface area contributed by atoms with Crippen molar-refractivity contribution in [2.45, 2.75) is 19.4 Å². The van der Waals surface area contributed by atoms with Gasteiger partial charge in [0.15, 0.2) is 0 Å². The summed E-state index contributed by atoms with van der Waals surface area (Å²) >= 11 is 0. The highest BCUT2D eigenvalue weighted by Gasteiger charge is 2.15. The minimum Gasteiger partial charge on any atom is -0.478 e. The third kappa shape index (κ3) is 3.26. The Morgan fingerprint density at radius 1 is 1.25 bits per heavy atom. The van der Waals surface area contributed by atoms with E-state index in [1.807, 2.05) is 0 Å². The number of amides is 1. The van der Waals surface area contributed by atoms with Crippen LogP contribution in [0.25, 0.3) is 0 Å². The SMILES string of the molecule is C[C@H](NC(=O)Cc1ccccc1C(=O)O)c1ccco1. The number of rotatable bonds is 5. The Kier molecular flexibility index (Phi) is 4.20. The molecule has 104 valence electrons. The topological polar surface area (TPSA) is 79.5 Å². The van der Waals surface area contributed by atoms with Gasteiger partial charge in [-0.3, -0.25) is 4.79 Å². The van der Waals surface area contributed by atoms with Crippen LogP contribution in [-0.2, 0) is 11.2 Å². The summed E-state index contributed by atoms with van der Waals surface area (Å²) in [6, 6.07) is 9.74. The summed E-state index contributed by atoms with van der Waals surface area (Å²) < 4.78 is 5.20. The van der Waals surface area contributed by atoms with E-state index in [-0.39, 0.29) is 23.9 Å². The molecule has 0 aliphatic heterocycles. The molecule has 1 amide bonds. The normalized spacial score (nSPS) is 11.8. The lowest BCUT2D eigenvalue weighted by Gasteiger charge is -2.12. The van der Waals surface area contributed by atoms with Crippen molar-refractivity contribution < 1.29 is 19.1 Å². The zero-order valence-electron chi connectivity index (χ0n) is 11.0. The summed E-state index contributed by atoms with van der Waals surface area (Å²) in [5.74, 6) is -0.625. The van der Waals surface area contributed by atoms with Crippen molar-refractivity contribution in [3.63, 3.8) is 0 Å². The highest BCUT2D eigenvalue weighted by molar-refractivity contribution is 5.91. The van der Waals surface area contributed by atoms with Crippen LogP contribution in [0.15, 0.2) is 47.1 Å². The van der Waals surface area contributed by atoms with Crippen molar-refractivity contribution in [2.75, 3.05) is 0 Å². The Bertz CT molecular complexity index is 604. The van der Waals surface area contributed by atoms with Crippen molar-refractivity contribution in [3.05, 3.63) is 59.5 Å². The van der Waals surface area contributed by atoms with Gasteiger partial charge in [-0.2, -0.15) is 0 Å². The van der Waals surface area contributed by atoms with E-state index in [0.717, 1.165) is 0 Å². The molecule has 2 aromatic rings. The average Bonchev–Trinajstić information content (AvgIpc) is 2.92. The zero-order chi connectivity index (χ0) is 14.5. The number of hydrogen-bond acceptors (Lipinski definition) is 3. The minimum absolute atomic E-state index is 0.0214. The quantitative estimate of drug-likeness (QED) is 0.876. The summed E-state index contributed by atoms with van der Waals surface area (Å²) in [5, 5.41) is 11.8. The van der Waals surface area contributed by atoms with Gasteiger partial charge in [0.2, 0.25) is 5.91 Å². The minimum atomic E-state index is -1.03. The number of carbonyl (C=O) groups is 2. The van der Waals surface area contributed by atoms with Gasteiger partial charge in [0.1, 0.15) is 5.76 Å². The number of carboxylic acid groups (broad SMARTS) is 1. The molecule has 5 nitrogen and oxygen atoms in total. The Labute approximate surface area is 116 Å². The number of carboxylic acids is 1. The first-order valence-electron chi connectivity index (χ1n) is 6.22. The van der Waals surface area contributed by atoms with Gasteiger partial charge in [-0.1, -0.05) is 18.2 Å². The van der Waals surface area contributed by atoms with Crippen LogP contribution in [0.1, 0.15) is 34.6 Å². The maximum atomic E-state index is 11.9. The third-order valence-corrected chi connectivity index (χ3v) is 2.95. The molecule has 1 aromatic heterocycles. The van der Waals surface area contributed by atoms with Gasteiger partial charge in [-0.15, -0.1) is 0 Å². The largest absolute Gasteiger partial charge is 0.478 e. The fourth-order valence-corrected chi connectivity index (χ4v) is 1.96. The number of carbonyl (C=O) groups excluding carboxylic acids is 1. The van der Waals surface area contributed by atoms with Gasteiger partial charge in [-0.25, -0.2) is 4.79 Å². The fraction of sp³-hybridized carbons (Fsp3) is 0.200. The molecule has 5 heteroatoms. The van der Waals surface area contributed by atoms with Crippen LogP contribution in [-0.4, -0.2) is 17.0 Å². The molecule has 1 atom stereocenters. The van der Waals surface area contributed by atoms with E-state index in [4.69, 9.17) is 9.52 Å². The summed E-state index contributed by atoms with van der Waals surface area (Å²) in [7, 11) is 0. The van der Waals surface area contributed by atoms with Crippen LogP contribution < -0.4 is 5.32 Å². The molecule has 0 radical (unpaired) electrons. The Hall–Kier alpha value is -2.56. The summed E-state index contributed by atoms with van der Waals surface area (Å²) in [4.78, 5) is 23.0. The van der Waals surface area contributed by atoms with Crippen LogP contribution in [0.3, 0.4) is 0 Å². The van der Waals surface area contributed by atoms with Gasteiger partial charge in [0, 0.05) is 0 Å². The zero-order valence-corrected chi connectivity index (χ0v) is 11.0. The van der Waals surface area contributed by atoms with E-state index in [1.165, 1.54) is 12.3 Å². The summed E-state index contributed by atoms with van der Waals surface area (Å²) in [6.45, 7) is 1.81. The van der Waals surface area contributed by atoms with Gasteiger partial charge in [0.25, 0.3) is 0 Å². The van der Waals surface area contributed by atoms with Crippen LogP contribution in [0, 0.1) is 0 Å². The summed E-state index contributed by atoms with van der Waals surface area (Å²) in [5.41, 5.74) is 0.637. The predicted molar refractivity (Wildman–Crippen MR) is 72.4 cm³/mol. The standard InChI is InChI=1S/C15H15NO4/c1-10(13-7-4-8-20-13)16-14(17)9-11-5-2-3-6-12(11)15(18)19/h2-8,10H,9H2,1H3,(H,16,17)(H,18,19)/t10-/m0/s1. The molecule has 0 unspecified atom stereocenters. The van der Waals surface area contributed by atoms with Crippen LogP contribution in [0.2, 0.25) is 0 Å². The van der Waals surface area contributed by atoms with Crippen molar-refractivity contribution >= 4 is 11.9 Å². The van der Waals surface area contributed by atoms with Crippen molar-refractivity contribution in [3.8, 4) is 0 Å². The van der Waals surface area contributed by atoms with Gasteiger partial charge in [-0.05, 0) is 30.7 Å². The van der Waals surface area contributed by atoms with Crippen LogP contribution in [0.4, 0.5) is 0 Å². The number of furan rings is 1. The molecule has 0 aliphatic rings. The molecule has 1 heterocycles. The molecule has 0 aliphatic carbocycles. The van der Waals surface area contributed by atoms with E-state index in [2.05, 4.69) is 5.32 Å². The molecule has 2 rings (SSSR count). The molecule has 0 bridgehead atoms. The second kappa shape index (κ2) is 6.06. The van der Waals surface area contributed by atoms with Crippen molar-refractivity contribution in [1.82, 2.24) is 5.32 Å². The van der Waals surface area contributed by atoms with E-state index < -0.39 is 5.97 Å².